The SMILES string of the molecule is CC[C@]12CC[C@H]3[C@@H]([C@@H](O)CC4CCCC[C@@]43C)[C@@H]1CC13OCCOC12OCCO3. The molecule has 164 valence electrons. The Hall–Kier alpha value is -0.200. The van der Waals surface area contributed by atoms with Gasteiger partial charge in [0.05, 0.1) is 32.5 Å². The summed E-state index contributed by atoms with van der Waals surface area (Å²) in [6.45, 7) is 7.09. The highest BCUT2D eigenvalue weighted by Gasteiger charge is 2.80. The Labute approximate surface area is 174 Å². The van der Waals surface area contributed by atoms with Crippen molar-refractivity contribution in [1.82, 2.24) is 0 Å². The van der Waals surface area contributed by atoms with Gasteiger partial charge in [-0.05, 0) is 67.6 Å². The van der Waals surface area contributed by atoms with Crippen LogP contribution >= 0.6 is 0 Å². The summed E-state index contributed by atoms with van der Waals surface area (Å²) in [5.74, 6) is 0.325. The molecular formula is C24H38O5. The van der Waals surface area contributed by atoms with Gasteiger partial charge in [-0.1, -0.05) is 26.7 Å². The van der Waals surface area contributed by atoms with E-state index < -0.39 is 11.6 Å². The van der Waals surface area contributed by atoms with Crippen molar-refractivity contribution in [2.24, 2.45) is 34.5 Å². The first-order chi connectivity index (χ1) is 14.0. The predicted octanol–water partition coefficient (Wildman–Crippen LogP) is 3.88. The van der Waals surface area contributed by atoms with Crippen LogP contribution < -0.4 is 0 Å². The third kappa shape index (κ3) is 2.20. The van der Waals surface area contributed by atoms with Crippen molar-refractivity contribution in [3.8, 4) is 0 Å². The molecule has 0 amide bonds. The fourth-order valence-electron chi connectivity index (χ4n) is 9.40. The van der Waals surface area contributed by atoms with Gasteiger partial charge in [0, 0.05) is 11.8 Å². The number of ether oxygens (including phenoxy) is 4. The first kappa shape index (κ1) is 19.5. The second-order valence-electron chi connectivity index (χ2n) is 11.1. The van der Waals surface area contributed by atoms with Crippen LogP contribution in [-0.4, -0.2) is 49.2 Å². The summed E-state index contributed by atoms with van der Waals surface area (Å²) in [6, 6.07) is 0. The van der Waals surface area contributed by atoms with Gasteiger partial charge in [0.1, 0.15) is 0 Å². The average Bonchev–Trinajstić information content (AvgIpc) is 3.02. The molecular weight excluding hydrogens is 368 g/mol. The van der Waals surface area contributed by atoms with Gasteiger partial charge in [-0.2, -0.15) is 0 Å². The van der Waals surface area contributed by atoms with Crippen molar-refractivity contribution in [1.29, 1.82) is 0 Å². The molecule has 0 spiro atoms. The number of hydrogen-bond donors (Lipinski definition) is 1. The molecule has 0 aromatic carbocycles. The minimum absolute atomic E-state index is 0.131. The summed E-state index contributed by atoms with van der Waals surface area (Å²) in [5, 5.41) is 11.5. The standard InChI is InChI=1S/C24H38O5/c1-3-22-9-7-17-20(19(25)14-16-6-4-5-8-21(16,17)2)18(22)15-23-24(22,28-12-10-26-23)29-13-11-27-23/h16-20,25H,3-15H2,1-2H3/t16?,17-,18-,19-,20+,21-,22-,23?,24?/m0/s1. The van der Waals surface area contributed by atoms with E-state index in [0.717, 1.165) is 25.7 Å². The largest absolute Gasteiger partial charge is 0.393 e. The lowest BCUT2D eigenvalue weighted by atomic mass is 9.44. The zero-order chi connectivity index (χ0) is 19.9. The maximum atomic E-state index is 11.5. The summed E-state index contributed by atoms with van der Waals surface area (Å²) in [6.07, 6.45) is 10.1. The number of rotatable bonds is 1. The minimum atomic E-state index is -0.801. The average molecular weight is 407 g/mol. The van der Waals surface area contributed by atoms with E-state index in [9.17, 15) is 5.11 Å². The molecule has 4 aliphatic carbocycles. The quantitative estimate of drug-likeness (QED) is 0.716. The van der Waals surface area contributed by atoms with Gasteiger partial charge in [0.2, 0.25) is 11.6 Å². The van der Waals surface area contributed by atoms with Crippen molar-refractivity contribution in [2.45, 2.75) is 89.3 Å². The third-order valence-electron chi connectivity index (χ3n) is 10.5. The first-order valence-electron chi connectivity index (χ1n) is 12.3. The van der Waals surface area contributed by atoms with E-state index in [1.165, 1.54) is 32.1 Å². The van der Waals surface area contributed by atoms with Gasteiger partial charge >= 0.3 is 0 Å². The molecule has 0 bridgehead atoms. The van der Waals surface area contributed by atoms with Crippen molar-refractivity contribution in [2.75, 3.05) is 26.4 Å². The van der Waals surface area contributed by atoms with E-state index in [1.54, 1.807) is 0 Å². The van der Waals surface area contributed by atoms with Gasteiger partial charge in [0.25, 0.3) is 0 Å². The Morgan fingerprint density at radius 2 is 1.62 bits per heavy atom. The highest BCUT2D eigenvalue weighted by atomic mass is 16.8. The molecule has 7 atom stereocenters. The Kier molecular flexibility index (Phi) is 4.31. The number of aliphatic hydroxyl groups excluding tert-OH is 1. The normalized spacial score (nSPS) is 59.1. The molecule has 2 aliphatic heterocycles. The predicted molar refractivity (Wildman–Crippen MR) is 107 cm³/mol. The fraction of sp³-hybridized carbons (Fsp3) is 1.00. The van der Waals surface area contributed by atoms with E-state index in [0.29, 0.717) is 55.5 Å². The molecule has 0 radical (unpaired) electrons. The zero-order valence-electron chi connectivity index (χ0n) is 18.2. The van der Waals surface area contributed by atoms with Gasteiger partial charge in [-0.15, -0.1) is 0 Å². The van der Waals surface area contributed by atoms with Crippen LogP contribution in [0.2, 0.25) is 0 Å². The Bertz CT molecular complexity index is 654. The topological polar surface area (TPSA) is 57.2 Å². The first-order valence-corrected chi connectivity index (χ1v) is 12.3. The third-order valence-corrected chi connectivity index (χ3v) is 10.5. The molecule has 0 aromatic rings. The molecule has 2 heterocycles. The summed E-state index contributed by atoms with van der Waals surface area (Å²) in [7, 11) is 0. The molecule has 0 aromatic heterocycles. The van der Waals surface area contributed by atoms with E-state index in [4.69, 9.17) is 18.9 Å². The lowest BCUT2D eigenvalue weighted by molar-refractivity contribution is -0.476. The molecule has 1 N–H and O–H groups in total. The maximum absolute atomic E-state index is 11.5. The van der Waals surface area contributed by atoms with Gasteiger partial charge in [-0.3, -0.25) is 0 Å². The van der Waals surface area contributed by atoms with E-state index in [2.05, 4.69) is 13.8 Å². The monoisotopic (exact) mass is 406 g/mol. The van der Waals surface area contributed by atoms with Crippen molar-refractivity contribution in [3.63, 3.8) is 0 Å². The number of aliphatic hydroxyl groups is 1. The van der Waals surface area contributed by atoms with E-state index in [-0.39, 0.29) is 11.5 Å². The van der Waals surface area contributed by atoms with E-state index >= 15 is 0 Å². The highest BCUT2D eigenvalue weighted by Crippen LogP contribution is 2.73. The number of fused-ring (bicyclic) bond motifs is 5. The lowest BCUT2D eigenvalue weighted by Gasteiger charge is -2.63. The molecule has 2 saturated heterocycles. The molecule has 5 heteroatoms. The van der Waals surface area contributed by atoms with Crippen LogP contribution in [0.1, 0.15) is 71.6 Å². The molecule has 6 rings (SSSR count). The molecule has 6 aliphatic rings. The smallest absolute Gasteiger partial charge is 0.229 e. The van der Waals surface area contributed by atoms with Gasteiger partial charge in [0.15, 0.2) is 0 Å². The van der Waals surface area contributed by atoms with Crippen molar-refractivity contribution < 1.29 is 24.1 Å². The van der Waals surface area contributed by atoms with Crippen LogP contribution in [0.25, 0.3) is 0 Å². The van der Waals surface area contributed by atoms with Crippen LogP contribution in [0.3, 0.4) is 0 Å². The van der Waals surface area contributed by atoms with Crippen molar-refractivity contribution >= 4 is 0 Å². The van der Waals surface area contributed by atoms with Gasteiger partial charge < -0.3 is 24.1 Å². The summed E-state index contributed by atoms with van der Waals surface area (Å²) < 4.78 is 25.9. The van der Waals surface area contributed by atoms with Crippen LogP contribution in [0.4, 0.5) is 0 Å². The highest BCUT2D eigenvalue weighted by molar-refractivity contribution is 5.21. The van der Waals surface area contributed by atoms with Crippen LogP contribution in [0.15, 0.2) is 0 Å². The second-order valence-corrected chi connectivity index (χ2v) is 11.1. The Balaban J connectivity index is 1.45. The molecule has 29 heavy (non-hydrogen) atoms. The van der Waals surface area contributed by atoms with Crippen LogP contribution in [-0.2, 0) is 18.9 Å². The maximum Gasteiger partial charge on any atom is 0.229 e. The zero-order valence-corrected chi connectivity index (χ0v) is 18.2. The Morgan fingerprint density at radius 1 is 0.897 bits per heavy atom. The van der Waals surface area contributed by atoms with Gasteiger partial charge in [-0.25, -0.2) is 0 Å². The molecule has 1 unspecified atom stereocenters. The van der Waals surface area contributed by atoms with Crippen LogP contribution in [0.5, 0.6) is 0 Å². The van der Waals surface area contributed by atoms with Crippen molar-refractivity contribution in [3.05, 3.63) is 0 Å². The fourth-order valence-corrected chi connectivity index (χ4v) is 9.40. The number of hydrogen-bond acceptors (Lipinski definition) is 5. The molecule has 5 nitrogen and oxygen atoms in total. The Morgan fingerprint density at radius 3 is 2.34 bits per heavy atom. The summed E-state index contributed by atoms with van der Waals surface area (Å²) in [5.41, 5.74) is 0.244. The van der Waals surface area contributed by atoms with Crippen LogP contribution in [0, 0.1) is 34.5 Å². The minimum Gasteiger partial charge on any atom is -0.393 e. The summed E-state index contributed by atoms with van der Waals surface area (Å²) in [4.78, 5) is 0. The van der Waals surface area contributed by atoms with E-state index in [1.807, 2.05) is 0 Å². The molecule has 4 saturated carbocycles. The summed E-state index contributed by atoms with van der Waals surface area (Å²) >= 11 is 0. The lowest BCUT2D eigenvalue weighted by Crippen LogP contribution is -2.70. The molecule has 6 fully saturated rings. The second kappa shape index (κ2) is 6.41.